The fourth-order valence-electron chi connectivity index (χ4n) is 0.976. The molecule has 0 atom stereocenters. The van der Waals surface area contributed by atoms with Gasteiger partial charge in [0.1, 0.15) is 0 Å². The molecule has 0 aromatic carbocycles. The summed E-state index contributed by atoms with van der Waals surface area (Å²) in [6, 6.07) is 0. The smallest absolute Gasteiger partial charge is 0.165 e. The summed E-state index contributed by atoms with van der Waals surface area (Å²) in [5.74, 6) is 6.46. The summed E-state index contributed by atoms with van der Waals surface area (Å²) in [6.45, 7) is 0. The maximum atomic E-state index is 5.18. The van der Waals surface area contributed by atoms with Crippen LogP contribution in [0.2, 0.25) is 0 Å². The number of aromatic nitrogens is 4. The summed E-state index contributed by atoms with van der Waals surface area (Å²) in [5, 5.41) is 0.873. The van der Waals surface area contributed by atoms with Gasteiger partial charge in [-0.25, -0.2) is 15.8 Å². The third kappa shape index (κ3) is 2.67. The number of hydrogen-bond donors (Lipinski definition) is 3. The summed E-state index contributed by atoms with van der Waals surface area (Å²) < 4.78 is 0. The molecule has 0 amide bonds. The monoisotopic (exact) mass is 222 g/mol. The van der Waals surface area contributed by atoms with Crippen LogP contribution in [0.3, 0.4) is 0 Å². The number of nitrogens with zero attached hydrogens (tertiary/aromatic N) is 3. The van der Waals surface area contributed by atoms with E-state index in [1.165, 1.54) is 0 Å². The lowest BCUT2D eigenvalue weighted by molar-refractivity contribution is 1.04. The second kappa shape index (κ2) is 4.76. The first-order valence-corrected chi connectivity index (χ1v) is 5.27. The number of rotatable bonds is 4. The number of anilines is 1. The Morgan fingerprint density at radius 1 is 1.33 bits per heavy atom. The minimum Gasteiger partial charge on any atom is -0.340 e. The number of hydrazine groups is 1. The summed E-state index contributed by atoms with van der Waals surface area (Å²) in [7, 11) is 0. The van der Waals surface area contributed by atoms with E-state index in [-0.39, 0.29) is 0 Å². The zero-order valence-corrected chi connectivity index (χ0v) is 8.66. The Morgan fingerprint density at radius 2 is 2.27 bits per heavy atom. The molecule has 0 unspecified atom stereocenters. The van der Waals surface area contributed by atoms with Gasteiger partial charge in [-0.2, -0.15) is 0 Å². The van der Waals surface area contributed by atoms with Crippen molar-refractivity contribution < 1.29 is 0 Å². The Balaban J connectivity index is 1.93. The van der Waals surface area contributed by atoms with Gasteiger partial charge in [-0.05, 0) is 0 Å². The second-order valence-corrected chi connectivity index (χ2v) is 3.68. The SMILES string of the molecule is NNc1cnc(CSc2ncc[nH]2)cn1. The molecule has 2 rings (SSSR count). The molecular formula is C8H10N6S. The normalized spacial score (nSPS) is 10.2. The van der Waals surface area contributed by atoms with Crippen LogP contribution in [0.5, 0.6) is 0 Å². The highest BCUT2D eigenvalue weighted by Crippen LogP contribution is 2.16. The zero-order chi connectivity index (χ0) is 10.5. The van der Waals surface area contributed by atoms with Crippen molar-refractivity contribution in [2.45, 2.75) is 10.9 Å². The Labute approximate surface area is 90.7 Å². The average molecular weight is 222 g/mol. The molecule has 78 valence electrons. The molecule has 0 spiro atoms. The third-order valence-electron chi connectivity index (χ3n) is 1.68. The van der Waals surface area contributed by atoms with Gasteiger partial charge in [0, 0.05) is 18.1 Å². The van der Waals surface area contributed by atoms with Gasteiger partial charge in [-0.1, -0.05) is 11.8 Å². The molecule has 6 nitrogen and oxygen atoms in total. The maximum Gasteiger partial charge on any atom is 0.165 e. The molecule has 0 radical (unpaired) electrons. The molecule has 0 saturated heterocycles. The first-order chi connectivity index (χ1) is 7.38. The minimum absolute atomic E-state index is 0.557. The summed E-state index contributed by atoms with van der Waals surface area (Å²) in [4.78, 5) is 15.3. The number of nitrogens with two attached hydrogens (primary N) is 1. The van der Waals surface area contributed by atoms with Crippen LogP contribution in [0.4, 0.5) is 5.82 Å². The Bertz CT molecular complexity index is 398. The maximum absolute atomic E-state index is 5.18. The van der Waals surface area contributed by atoms with Gasteiger partial charge in [-0.15, -0.1) is 0 Å². The average Bonchev–Trinajstić information content (AvgIpc) is 2.80. The van der Waals surface area contributed by atoms with Gasteiger partial charge in [0.25, 0.3) is 0 Å². The molecule has 4 N–H and O–H groups in total. The van der Waals surface area contributed by atoms with E-state index >= 15 is 0 Å². The highest BCUT2D eigenvalue weighted by molar-refractivity contribution is 7.98. The van der Waals surface area contributed by atoms with Crippen LogP contribution in [0, 0.1) is 0 Å². The molecule has 0 saturated carbocycles. The number of thioether (sulfide) groups is 1. The third-order valence-corrected chi connectivity index (χ3v) is 2.62. The lowest BCUT2D eigenvalue weighted by Crippen LogP contribution is -2.08. The first-order valence-electron chi connectivity index (χ1n) is 4.28. The van der Waals surface area contributed by atoms with Gasteiger partial charge in [0.15, 0.2) is 11.0 Å². The number of imidazole rings is 1. The van der Waals surface area contributed by atoms with E-state index in [9.17, 15) is 0 Å². The number of H-pyrrole nitrogens is 1. The minimum atomic E-state index is 0.557. The van der Waals surface area contributed by atoms with Crippen molar-refractivity contribution in [1.29, 1.82) is 0 Å². The molecule has 2 aromatic rings. The van der Waals surface area contributed by atoms with Gasteiger partial charge in [-0.3, -0.25) is 4.98 Å². The van der Waals surface area contributed by atoms with Crippen LogP contribution in [-0.4, -0.2) is 19.9 Å². The molecule has 2 aromatic heterocycles. The van der Waals surface area contributed by atoms with E-state index in [0.29, 0.717) is 5.82 Å². The van der Waals surface area contributed by atoms with E-state index in [1.54, 1.807) is 36.5 Å². The first kappa shape index (κ1) is 9.94. The van der Waals surface area contributed by atoms with Crippen molar-refractivity contribution in [1.82, 2.24) is 19.9 Å². The molecule has 0 aliphatic rings. The largest absolute Gasteiger partial charge is 0.340 e. The summed E-state index contributed by atoms with van der Waals surface area (Å²) >= 11 is 1.57. The van der Waals surface area contributed by atoms with Crippen molar-refractivity contribution in [2.24, 2.45) is 5.84 Å². The molecule has 0 aliphatic heterocycles. The lowest BCUT2D eigenvalue weighted by Gasteiger charge is -2.00. The van der Waals surface area contributed by atoms with Gasteiger partial charge < -0.3 is 10.4 Å². The Morgan fingerprint density at radius 3 is 2.87 bits per heavy atom. The zero-order valence-electron chi connectivity index (χ0n) is 7.84. The van der Waals surface area contributed by atoms with E-state index in [1.807, 2.05) is 0 Å². The van der Waals surface area contributed by atoms with Gasteiger partial charge in [0.2, 0.25) is 0 Å². The number of nitrogens with one attached hydrogen (secondary N) is 2. The second-order valence-electron chi connectivity index (χ2n) is 2.72. The highest BCUT2D eigenvalue weighted by atomic mass is 32.2. The molecule has 0 bridgehead atoms. The quantitative estimate of drug-likeness (QED) is 0.402. The van der Waals surface area contributed by atoms with E-state index in [0.717, 1.165) is 16.6 Å². The standard InChI is InChI=1S/C8H10N6S/c9-14-7-4-12-6(3-13-7)5-15-8-10-1-2-11-8/h1-4H,5,9H2,(H,10,11)(H,13,14). The Kier molecular flexibility index (Phi) is 3.15. The molecule has 7 heteroatoms. The van der Waals surface area contributed by atoms with Crippen LogP contribution in [0.25, 0.3) is 0 Å². The molecule has 0 aliphatic carbocycles. The van der Waals surface area contributed by atoms with E-state index in [4.69, 9.17) is 5.84 Å². The summed E-state index contributed by atoms with van der Waals surface area (Å²) in [6.07, 6.45) is 6.79. The fourth-order valence-corrected chi connectivity index (χ4v) is 1.70. The molecular weight excluding hydrogens is 212 g/mol. The number of nitrogen functional groups attached to an aromatic ring is 1. The molecule has 0 fully saturated rings. The van der Waals surface area contributed by atoms with Crippen molar-refractivity contribution >= 4 is 17.6 Å². The van der Waals surface area contributed by atoms with Gasteiger partial charge in [0.05, 0.1) is 18.1 Å². The van der Waals surface area contributed by atoms with Crippen molar-refractivity contribution in [3.05, 3.63) is 30.5 Å². The van der Waals surface area contributed by atoms with Gasteiger partial charge >= 0.3 is 0 Å². The van der Waals surface area contributed by atoms with E-state index in [2.05, 4.69) is 25.4 Å². The molecule has 2 heterocycles. The highest BCUT2D eigenvalue weighted by Gasteiger charge is 1.99. The van der Waals surface area contributed by atoms with Crippen molar-refractivity contribution in [3.8, 4) is 0 Å². The van der Waals surface area contributed by atoms with Crippen LogP contribution in [0.1, 0.15) is 5.69 Å². The Hall–Kier alpha value is -1.60. The van der Waals surface area contributed by atoms with Crippen molar-refractivity contribution in [3.63, 3.8) is 0 Å². The topological polar surface area (TPSA) is 92.5 Å². The van der Waals surface area contributed by atoms with Crippen LogP contribution in [-0.2, 0) is 5.75 Å². The molecule has 15 heavy (non-hydrogen) atoms. The van der Waals surface area contributed by atoms with Crippen LogP contribution in [0.15, 0.2) is 29.9 Å². The van der Waals surface area contributed by atoms with Crippen molar-refractivity contribution in [2.75, 3.05) is 5.43 Å². The number of aromatic amines is 1. The number of hydrogen-bond acceptors (Lipinski definition) is 6. The van der Waals surface area contributed by atoms with Crippen LogP contribution < -0.4 is 11.3 Å². The predicted octanol–water partition coefficient (Wildman–Crippen LogP) is 0.778. The van der Waals surface area contributed by atoms with E-state index < -0.39 is 0 Å². The fraction of sp³-hybridized carbons (Fsp3) is 0.125. The van der Waals surface area contributed by atoms with Crippen LogP contribution >= 0.6 is 11.8 Å². The summed E-state index contributed by atoms with van der Waals surface area (Å²) in [5.41, 5.74) is 3.31. The lowest BCUT2D eigenvalue weighted by atomic mass is 10.5. The predicted molar refractivity (Wildman–Crippen MR) is 58.0 cm³/mol.